The van der Waals surface area contributed by atoms with Gasteiger partial charge in [-0.3, -0.25) is 4.90 Å². The van der Waals surface area contributed by atoms with Crippen molar-refractivity contribution in [3.05, 3.63) is 0 Å². The van der Waals surface area contributed by atoms with Gasteiger partial charge >= 0.3 is 0 Å². The predicted molar refractivity (Wildman–Crippen MR) is 57.6 cm³/mol. The van der Waals surface area contributed by atoms with Gasteiger partial charge in [0.05, 0.1) is 12.5 Å². The van der Waals surface area contributed by atoms with E-state index in [4.69, 9.17) is 11.0 Å². The first-order valence-electron chi connectivity index (χ1n) is 5.34. The molecule has 0 aromatic carbocycles. The fourth-order valence-electron chi connectivity index (χ4n) is 2.12. The normalized spacial score (nSPS) is 35.5. The van der Waals surface area contributed by atoms with Crippen LogP contribution in [0.15, 0.2) is 0 Å². The fraction of sp³-hybridized carbons (Fsp3) is 0.909. The van der Waals surface area contributed by atoms with Crippen LogP contribution in [0.1, 0.15) is 27.2 Å². The van der Waals surface area contributed by atoms with Crippen LogP contribution in [0.4, 0.5) is 0 Å². The van der Waals surface area contributed by atoms with Gasteiger partial charge in [0.25, 0.3) is 0 Å². The zero-order valence-corrected chi connectivity index (χ0v) is 9.45. The van der Waals surface area contributed by atoms with Gasteiger partial charge in [0.1, 0.15) is 0 Å². The van der Waals surface area contributed by atoms with Gasteiger partial charge in [0.2, 0.25) is 0 Å². The molecular formula is C11H21N3. The smallest absolute Gasteiger partial charge is 0.0638 e. The molecule has 1 saturated heterocycles. The summed E-state index contributed by atoms with van der Waals surface area (Å²) < 4.78 is 0. The van der Waals surface area contributed by atoms with Gasteiger partial charge < -0.3 is 5.73 Å². The molecule has 3 unspecified atom stereocenters. The quantitative estimate of drug-likeness (QED) is 0.736. The molecule has 0 radical (unpaired) electrons. The van der Waals surface area contributed by atoms with Gasteiger partial charge in [-0.1, -0.05) is 13.8 Å². The Kier molecular flexibility index (Phi) is 3.52. The van der Waals surface area contributed by atoms with Crippen molar-refractivity contribution in [2.75, 3.05) is 19.6 Å². The minimum absolute atomic E-state index is 0.240. The molecule has 0 spiro atoms. The number of nitrogens with zero attached hydrogens (tertiary/aromatic N) is 2. The summed E-state index contributed by atoms with van der Waals surface area (Å²) in [6.45, 7) is 9.48. The summed E-state index contributed by atoms with van der Waals surface area (Å²) in [5.74, 6) is 0.633. The number of rotatable bonds is 3. The van der Waals surface area contributed by atoms with Gasteiger partial charge in [-0.25, -0.2) is 0 Å². The highest BCUT2D eigenvalue weighted by atomic mass is 15.2. The molecule has 0 amide bonds. The number of hydrogen-bond donors (Lipinski definition) is 1. The average Bonchev–Trinajstić information content (AvgIpc) is 2.45. The maximum Gasteiger partial charge on any atom is 0.0638 e. The zero-order chi connectivity index (χ0) is 10.8. The van der Waals surface area contributed by atoms with E-state index in [1.54, 1.807) is 0 Å². The number of hydrogen-bond acceptors (Lipinski definition) is 3. The molecule has 0 bridgehead atoms. The van der Waals surface area contributed by atoms with E-state index >= 15 is 0 Å². The summed E-state index contributed by atoms with van der Waals surface area (Å²) in [6, 6.07) is 2.60. The minimum atomic E-state index is 0.240. The van der Waals surface area contributed by atoms with E-state index < -0.39 is 0 Å². The minimum Gasteiger partial charge on any atom is -0.330 e. The number of nitriles is 1. The maximum atomic E-state index is 8.65. The second-order valence-corrected chi connectivity index (χ2v) is 4.90. The molecular weight excluding hydrogens is 174 g/mol. The van der Waals surface area contributed by atoms with Crippen molar-refractivity contribution < 1.29 is 0 Å². The Morgan fingerprint density at radius 1 is 1.71 bits per heavy atom. The lowest BCUT2D eigenvalue weighted by Gasteiger charge is -2.27. The first kappa shape index (κ1) is 11.5. The SMILES string of the molecule is CC(CC#N)N1CC(C)C(C)(CN)C1. The average molecular weight is 195 g/mol. The Bertz CT molecular complexity index is 233. The van der Waals surface area contributed by atoms with E-state index in [0.29, 0.717) is 18.4 Å². The summed E-state index contributed by atoms with van der Waals surface area (Å²) in [5, 5.41) is 8.65. The van der Waals surface area contributed by atoms with Crippen LogP contribution in [0.5, 0.6) is 0 Å². The van der Waals surface area contributed by atoms with Gasteiger partial charge in [0, 0.05) is 19.1 Å². The van der Waals surface area contributed by atoms with E-state index in [1.165, 1.54) is 0 Å². The molecule has 14 heavy (non-hydrogen) atoms. The second kappa shape index (κ2) is 4.29. The van der Waals surface area contributed by atoms with Crippen LogP contribution in [0.2, 0.25) is 0 Å². The van der Waals surface area contributed by atoms with Crippen LogP contribution in [-0.2, 0) is 0 Å². The van der Waals surface area contributed by atoms with Crippen molar-refractivity contribution in [2.45, 2.75) is 33.2 Å². The summed E-state index contributed by atoms with van der Waals surface area (Å²) in [6.07, 6.45) is 0.618. The molecule has 3 nitrogen and oxygen atoms in total. The third-order valence-electron chi connectivity index (χ3n) is 3.74. The predicted octanol–water partition coefficient (Wildman–Crippen LogP) is 1.21. The number of nitrogens with two attached hydrogens (primary N) is 1. The molecule has 0 aromatic rings. The molecule has 0 saturated carbocycles. The van der Waals surface area contributed by atoms with Crippen molar-refractivity contribution in [1.29, 1.82) is 5.26 Å². The van der Waals surface area contributed by atoms with Gasteiger partial charge in [-0.05, 0) is 24.8 Å². The number of likely N-dealkylation sites (tertiary alicyclic amines) is 1. The molecule has 1 aliphatic rings. The molecule has 2 N–H and O–H groups in total. The molecule has 1 heterocycles. The van der Waals surface area contributed by atoms with E-state index in [-0.39, 0.29) is 5.41 Å². The summed E-state index contributed by atoms with van der Waals surface area (Å²) in [5.41, 5.74) is 6.04. The standard InChI is InChI=1S/C11H21N3/c1-9-6-14(10(2)4-5-12)8-11(9,3)7-13/h9-10H,4,6-8,13H2,1-3H3. The lowest BCUT2D eigenvalue weighted by molar-refractivity contribution is 0.224. The highest BCUT2D eigenvalue weighted by molar-refractivity contribution is 4.95. The van der Waals surface area contributed by atoms with E-state index in [9.17, 15) is 0 Å². The molecule has 0 aromatic heterocycles. The Hall–Kier alpha value is -0.590. The van der Waals surface area contributed by atoms with Crippen molar-refractivity contribution in [2.24, 2.45) is 17.1 Å². The van der Waals surface area contributed by atoms with Crippen LogP contribution in [0.25, 0.3) is 0 Å². The van der Waals surface area contributed by atoms with Crippen molar-refractivity contribution in [1.82, 2.24) is 4.90 Å². The first-order chi connectivity index (χ1) is 6.53. The van der Waals surface area contributed by atoms with Gasteiger partial charge in [-0.2, -0.15) is 5.26 Å². The fourth-order valence-corrected chi connectivity index (χ4v) is 2.12. The summed E-state index contributed by atoms with van der Waals surface area (Å²) in [4.78, 5) is 2.39. The first-order valence-corrected chi connectivity index (χ1v) is 5.34. The topological polar surface area (TPSA) is 53.0 Å². The highest BCUT2D eigenvalue weighted by Gasteiger charge is 2.40. The molecule has 0 aliphatic carbocycles. The largest absolute Gasteiger partial charge is 0.330 e. The molecule has 80 valence electrons. The zero-order valence-electron chi connectivity index (χ0n) is 9.45. The Morgan fingerprint density at radius 2 is 2.36 bits per heavy atom. The lowest BCUT2D eigenvalue weighted by Crippen LogP contribution is -2.36. The van der Waals surface area contributed by atoms with E-state index in [2.05, 4.69) is 31.7 Å². The lowest BCUT2D eigenvalue weighted by atomic mass is 9.81. The monoisotopic (exact) mass is 195 g/mol. The molecule has 1 aliphatic heterocycles. The highest BCUT2D eigenvalue weighted by Crippen LogP contribution is 2.35. The van der Waals surface area contributed by atoms with E-state index in [0.717, 1.165) is 19.6 Å². The van der Waals surface area contributed by atoms with Gasteiger partial charge in [0.15, 0.2) is 0 Å². The Labute approximate surface area is 86.9 Å². The Balaban J connectivity index is 2.59. The molecule has 1 rings (SSSR count). The van der Waals surface area contributed by atoms with Crippen molar-refractivity contribution >= 4 is 0 Å². The van der Waals surface area contributed by atoms with Crippen molar-refractivity contribution in [3.63, 3.8) is 0 Å². The Morgan fingerprint density at radius 3 is 2.79 bits per heavy atom. The third kappa shape index (κ3) is 2.08. The molecule has 3 heteroatoms. The van der Waals surface area contributed by atoms with Crippen LogP contribution < -0.4 is 5.73 Å². The van der Waals surface area contributed by atoms with Crippen LogP contribution in [-0.4, -0.2) is 30.6 Å². The maximum absolute atomic E-state index is 8.65. The molecule has 1 fully saturated rings. The van der Waals surface area contributed by atoms with Crippen molar-refractivity contribution in [3.8, 4) is 6.07 Å². The second-order valence-electron chi connectivity index (χ2n) is 4.90. The van der Waals surface area contributed by atoms with Crippen LogP contribution in [0, 0.1) is 22.7 Å². The van der Waals surface area contributed by atoms with Crippen LogP contribution >= 0.6 is 0 Å². The third-order valence-corrected chi connectivity index (χ3v) is 3.74. The summed E-state index contributed by atoms with van der Waals surface area (Å²) in [7, 11) is 0. The summed E-state index contributed by atoms with van der Waals surface area (Å²) >= 11 is 0. The van der Waals surface area contributed by atoms with Crippen LogP contribution in [0.3, 0.4) is 0 Å². The molecule has 3 atom stereocenters. The van der Waals surface area contributed by atoms with Gasteiger partial charge in [-0.15, -0.1) is 0 Å². The van der Waals surface area contributed by atoms with E-state index in [1.807, 2.05) is 0 Å².